The molecule has 0 amide bonds. The highest BCUT2D eigenvalue weighted by Gasteiger charge is 2.57. The Morgan fingerprint density at radius 2 is 1.85 bits per heavy atom. The second-order valence-corrected chi connectivity index (χ2v) is 10.5. The van der Waals surface area contributed by atoms with Crippen molar-refractivity contribution in [3.8, 4) is 0 Å². The SMILES string of the molecule is C[C@H](/C=C/C(=O)O)[C@H]1CC[C@H]2C3=CC[C@H]4C[C@@H](O)CC[C@]4(C)[C@H]3CC[C@]12C. The molecule has 150 valence electrons. The maximum Gasteiger partial charge on any atom is 0.327 e. The third-order valence-electron chi connectivity index (χ3n) is 9.30. The van der Waals surface area contributed by atoms with Crippen molar-refractivity contribution in [1.29, 1.82) is 0 Å². The number of carbonyl (C=O) groups is 1. The standard InChI is InChI=1S/C24H36O3/c1-15(4-9-22(26)27)19-7-8-20-18-6-5-16-14-17(25)10-12-23(16,2)21(18)11-13-24(19,20)3/h4,6,9,15-17,19-21,25H,5,7-8,10-14H2,1-3H3,(H,26,27)/b9-4+/t15-,16+,17+,19-,20+,21+,23+,24-/m1/s1. The number of allylic oxidation sites excluding steroid dienone is 3. The Bertz CT molecular complexity index is 665. The molecule has 0 aromatic rings. The highest BCUT2D eigenvalue weighted by molar-refractivity contribution is 5.79. The average molecular weight is 373 g/mol. The number of hydrogen-bond donors (Lipinski definition) is 2. The molecule has 2 N–H and O–H groups in total. The minimum absolute atomic E-state index is 0.0929. The minimum atomic E-state index is -0.835. The van der Waals surface area contributed by atoms with Crippen LogP contribution in [0.2, 0.25) is 0 Å². The molecule has 0 heterocycles. The molecule has 0 aromatic carbocycles. The number of rotatable bonds is 3. The molecular weight excluding hydrogens is 336 g/mol. The first-order valence-corrected chi connectivity index (χ1v) is 11.0. The largest absolute Gasteiger partial charge is 0.478 e. The predicted molar refractivity (Wildman–Crippen MR) is 107 cm³/mol. The van der Waals surface area contributed by atoms with Gasteiger partial charge >= 0.3 is 5.97 Å². The fourth-order valence-electron chi connectivity index (χ4n) is 7.76. The molecule has 0 aromatic heterocycles. The lowest BCUT2D eigenvalue weighted by Gasteiger charge is -2.57. The van der Waals surface area contributed by atoms with Crippen LogP contribution in [0, 0.1) is 40.4 Å². The van der Waals surface area contributed by atoms with E-state index in [4.69, 9.17) is 5.11 Å². The first kappa shape index (κ1) is 19.2. The minimum Gasteiger partial charge on any atom is -0.478 e. The molecule has 3 fully saturated rings. The van der Waals surface area contributed by atoms with Gasteiger partial charge in [0.1, 0.15) is 0 Å². The molecule has 4 aliphatic rings. The first-order chi connectivity index (χ1) is 12.8. The Balaban J connectivity index is 1.59. The third-order valence-corrected chi connectivity index (χ3v) is 9.30. The third kappa shape index (κ3) is 3.01. The topological polar surface area (TPSA) is 57.5 Å². The van der Waals surface area contributed by atoms with Gasteiger partial charge in [0.25, 0.3) is 0 Å². The first-order valence-electron chi connectivity index (χ1n) is 11.0. The Labute approximate surface area is 163 Å². The van der Waals surface area contributed by atoms with Crippen molar-refractivity contribution in [2.24, 2.45) is 40.4 Å². The Hall–Kier alpha value is -1.09. The summed E-state index contributed by atoms with van der Waals surface area (Å²) in [7, 11) is 0. The molecule has 0 aliphatic heterocycles. The van der Waals surface area contributed by atoms with Crippen molar-refractivity contribution < 1.29 is 15.0 Å². The van der Waals surface area contributed by atoms with E-state index < -0.39 is 5.97 Å². The lowest BCUT2D eigenvalue weighted by Crippen LogP contribution is -2.49. The predicted octanol–water partition coefficient (Wildman–Crippen LogP) is 5.20. The molecular formula is C24H36O3. The maximum absolute atomic E-state index is 10.9. The molecule has 4 rings (SSSR count). The maximum atomic E-state index is 10.9. The zero-order valence-corrected chi connectivity index (χ0v) is 17.2. The number of fused-ring (bicyclic) bond motifs is 5. The number of carboxylic acids is 1. The second-order valence-electron chi connectivity index (χ2n) is 10.5. The molecule has 0 radical (unpaired) electrons. The molecule has 0 spiro atoms. The van der Waals surface area contributed by atoms with Gasteiger partial charge in [-0.2, -0.15) is 0 Å². The lowest BCUT2D eigenvalue weighted by molar-refractivity contribution is -0.131. The average Bonchev–Trinajstić information content (AvgIpc) is 2.97. The summed E-state index contributed by atoms with van der Waals surface area (Å²) in [6.07, 6.45) is 15.0. The summed E-state index contributed by atoms with van der Waals surface area (Å²) in [5.41, 5.74) is 2.41. The molecule has 4 aliphatic carbocycles. The van der Waals surface area contributed by atoms with Crippen LogP contribution >= 0.6 is 0 Å². The molecule has 27 heavy (non-hydrogen) atoms. The van der Waals surface area contributed by atoms with Crippen LogP contribution in [0.1, 0.15) is 72.1 Å². The van der Waals surface area contributed by atoms with E-state index in [0.29, 0.717) is 40.4 Å². The highest BCUT2D eigenvalue weighted by atomic mass is 16.4. The van der Waals surface area contributed by atoms with Crippen molar-refractivity contribution in [1.82, 2.24) is 0 Å². The quantitative estimate of drug-likeness (QED) is 0.528. The van der Waals surface area contributed by atoms with Gasteiger partial charge in [0, 0.05) is 6.08 Å². The van der Waals surface area contributed by atoms with E-state index >= 15 is 0 Å². The van der Waals surface area contributed by atoms with Gasteiger partial charge in [-0.05, 0) is 91.8 Å². The molecule has 3 heteroatoms. The van der Waals surface area contributed by atoms with Gasteiger partial charge in [0.15, 0.2) is 0 Å². The monoisotopic (exact) mass is 372 g/mol. The van der Waals surface area contributed by atoms with Gasteiger partial charge in [-0.25, -0.2) is 4.79 Å². The normalized spacial score (nSPS) is 47.7. The molecule has 0 unspecified atom stereocenters. The zero-order chi connectivity index (χ0) is 19.4. The Morgan fingerprint density at radius 1 is 1.15 bits per heavy atom. The summed E-state index contributed by atoms with van der Waals surface area (Å²) in [6, 6.07) is 0. The molecule has 3 saturated carbocycles. The molecule has 3 nitrogen and oxygen atoms in total. The van der Waals surface area contributed by atoms with Gasteiger partial charge in [-0.1, -0.05) is 38.5 Å². The van der Waals surface area contributed by atoms with E-state index in [-0.39, 0.29) is 6.10 Å². The molecule has 8 atom stereocenters. The van der Waals surface area contributed by atoms with Crippen LogP contribution in [-0.4, -0.2) is 22.3 Å². The summed E-state index contributed by atoms with van der Waals surface area (Å²) in [6.45, 7) is 7.20. The second kappa shape index (κ2) is 6.76. The van der Waals surface area contributed by atoms with E-state index in [1.807, 2.05) is 6.08 Å². The summed E-state index contributed by atoms with van der Waals surface area (Å²) in [4.78, 5) is 10.9. The Kier molecular flexibility index (Phi) is 4.81. The van der Waals surface area contributed by atoms with E-state index in [1.165, 1.54) is 38.2 Å². The van der Waals surface area contributed by atoms with Crippen LogP contribution in [0.3, 0.4) is 0 Å². The number of aliphatic carboxylic acids is 1. The number of hydrogen-bond acceptors (Lipinski definition) is 2. The van der Waals surface area contributed by atoms with Crippen LogP contribution in [0.25, 0.3) is 0 Å². The zero-order valence-electron chi connectivity index (χ0n) is 17.2. The molecule has 0 bridgehead atoms. The summed E-state index contributed by atoms with van der Waals surface area (Å²) in [5.74, 6) is 2.09. The van der Waals surface area contributed by atoms with Crippen molar-refractivity contribution in [3.63, 3.8) is 0 Å². The lowest BCUT2D eigenvalue weighted by atomic mass is 9.47. The number of carboxylic acid groups (broad SMARTS) is 1. The highest BCUT2D eigenvalue weighted by Crippen LogP contribution is 2.66. The Morgan fingerprint density at radius 3 is 2.59 bits per heavy atom. The van der Waals surface area contributed by atoms with E-state index in [2.05, 4.69) is 26.8 Å². The summed E-state index contributed by atoms with van der Waals surface area (Å²) >= 11 is 0. The van der Waals surface area contributed by atoms with Gasteiger partial charge in [0.05, 0.1) is 6.10 Å². The van der Waals surface area contributed by atoms with E-state index in [1.54, 1.807) is 5.57 Å². The molecule has 0 saturated heterocycles. The van der Waals surface area contributed by atoms with Crippen molar-refractivity contribution in [2.75, 3.05) is 0 Å². The van der Waals surface area contributed by atoms with E-state index in [9.17, 15) is 9.90 Å². The van der Waals surface area contributed by atoms with Gasteiger partial charge < -0.3 is 10.2 Å². The van der Waals surface area contributed by atoms with Gasteiger partial charge in [-0.3, -0.25) is 0 Å². The van der Waals surface area contributed by atoms with Crippen LogP contribution in [0.15, 0.2) is 23.8 Å². The van der Waals surface area contributed by atoms with Gasteiger partial charge in [-0.15, -0.1) is 0 Å². The fraction of sp³-hybridized carbons (Fsp3) is 0.792. The van der Waals surface area contributed by atoms with Crippen LogP contribution < -0.4 is 0 Å². The van der Waals surface area contributed by atoms with Crippen molar-refractivity contribution in [3.05, 3.63) is 23.8 Å². The summed E-state index contributed by atoms with van der Waals surface area (Å²) < 4.78 is 0. The van der Waals surface area contributed by atoms with Crippen LogP contribution in [0.5, 0.6) is 0 Å². The number of aliphatic hydroxyl groups is 1. The van der Waals surface area contributed by atoms with Crippen molar-refractivity contribution in [2.45, 2.75) is 78.2 Å². The van der Waals surface area contributed by atoms with Gasteiger partial charge in [0.2, 0.25) is 0 Å². The van der Waals surface area contributed by atoms with E-state index in [0.717, 1.165) is 19.3 Å². The van der Waals surface area contributed by atoms with Crippen LogP contribution in [0.4, 0.5) is 0 Å². The fourth-order valence-corrected chi connectivity index (χ4v) is 7.76. The summed E-state index contributed by atoms with van der Waals surface area (Å²) in [5, 5.41) is 19.2. The smallest absolute Gasteiger partial charge is 0.327 e. The number of aliphatic hydroxyl groups excluding tert-OH is 1. The van der Waals surface area contributed by atoms with Crippen LogP contribution in [-0.2, 0) is 4.79 Å². The van der Waals surface area contributed by atoms with Crippen molar-refractivity contribution >= 4 is 5.97 Å².